The highest BCUT2D eigenvalue weighted by atomic mass is 35.5. The molecule has 1 aromatic heterocycles. The highest BCUT2D eigenvalue weighted by molar-refractivity contribution is 6.33. The van der Waals surface area contributed by atoms with Crippen LogP contribution in [0.1, 0.15) is 17.5 Å². The van der Waals surface area contributed by atoms with Crippen LogP contribution in [0, 0.1) is 0 Å². The first-order valence-corrected chi connectivity index (χ1v) is 5.84. The number of halogens is 1. The first kappa shape index (κ1) is 12.6. The SMILES string of the molecule is CCOC(=O)c1nc(-c2ccccc2Cl)n(C)n1. The molecular weight excluding hydrogens is 254 g/mol. The first-order chi connectivity index (χ1) is 8.63. The molecule has 0 aliphatic rings. The van der Waals surface area contributed by atoms with Crippen molar-refractivity contribution in [1.29, 1.82) is 0 Å². The van der Waals surface area contributed by atoms with Gasteiger partial charge < -0.3 is 4.74 Å². The summed E-state index contributed by atoms with van der Waals surface area (Å²) in [6, 6.07) is 7.26. The number of esters is 1. The van der Waals surface area contributed by atoms with Crippen LogP contribution >= 0.6 is 11.6 Å². The van der Waals surface area contributed by atoms with Crippen molar-refractivity contribution >= 4 is 17.6 Å². The van der Waals surface area contributed by atoms with Crippen molar-refractivity contribution in [2.75, 3.05) is 6.61 Å². The molecule has 0 bridgehead atoms. The average molecular weight is 266 g/mol. The third-order valence-electron chi connectivity index (χ3n) is 2.34. The number of benzene rings is 1. The molecule has 0 N–H and O–H groups in total. The molecule has 0 saturated heterocycles. The Balaban J connectivity index is 2.42. The Kier molecular flexibility index (Phi) is 3.62. The molecule has 0 saturated carbocycles. The van der Waals surface area contributed by atoms with Gasteiger partial charge in [0.2, 0.25) is 0 Å². The average Bonchev–Trinajstić information content (AvgIpc) is 2.72. The maximum atomic E-state index is 11.5. The fraction of sp³-hybridized carbons (Fsp3) is 0.250. The second-order valence-corrected chi connectivity index (χ2v) is 3.99. The molecule has 0 aliphatic heterocycles. The van der Waals surface area contributed by atoms with E-state index in [1.54, 1.807) is 20.0 Å². The molecule has 0 radical (unpaired) electrons. The van der Waals surface area contributed by atoms with Crippen LogP contribution in [0.3, 0.4) is 0 Å². The summed E-state index contributed by atoms with van der Waals surface area (Å²) in [6.45, 7) is 2.02. The third kappa shape index (κ3) is 2.36. The van der Waals surface area contributed by atoms with Gasteiger partial charge in [-0.1, -0.05) is 23.7 Å². The molecule has 0 amide bonds. The lowest BCUT2D eigenvalue weighted by Gasteiger charge is -2.01. The minimum absolute atomic E-state index is 0.0364. The summed E-state index contributed by atoms with van der Waals surface area (Å²) >= 11 is 6.08. The number of nitrogens with zero attached hydrogens (tertiary/aromatic N) is 3. The molecule has 0 unspecified atom stereocenters. The van der Waals surface area contributed by atoms with Gasteiger partial charge in [-0.25, -0.2) is 14.5 Å². The topological polar surface area (TPSA) is 57.0 Å². The van der Waals surface area contributed by atoms with Gasteiger partial charge in [-0.2, -0.15) is 0 Å². The molecule has 0 fully saturated rings. The van der Waals surface area contributed by atoms with E-state index < -0.39 is 5.97 Å². The monoisotopic (exact) mass is 265 g/mol. The first-order valence-electron chi connectivity index (χ1n) is 5.46. The number of aromatic nitrogens is 3. The van der Waals surface area contributed by atoms with E-state index in [1.807, 2.05) is 18.2 Å². The summed E-state index contributed by atoms with van der Waals surface area (Å²) in [7, 11) is 1.70. The van der Waals surface area contributed by atoms with Gasteiger partial charge in [-0.15, -0.1) is 5.10 Å². The van der Waals surface area contributed by atoms with Crippen LogP contribution in [-0.4, -0.2) is 27.3 Å². The Labute approximate surface area is 109 Å². The van der Waals surface area contributed by atoms with E-state index in [0.717, 1.165) is 5.56 Å². The van der Waals surface area contributed by atoms with Crippen molar-refractivity contribution in [2.24, 2.45) is 7.05 Å². The quantitative estimate of drug-likeness (QED) is 0.799. The maximum absolute atomic E-state index is 11.5. The van der Waals surface area contributed by atoms with Crippen molar-refractivity contribution < 1.29 is 9.53 Å². The van der Waals surface area contributed by atoms with Crippen molar-refractivity contribution in [3.05, 3.63) is 35.1 Å². The second-order valence-electron chi connectivity index (χ2n) is 3.58. The molecule has 0 aliphatic carbocycles. The number of hydrogen-bond donors (Lipinski definition) is 0. The summed E-state index contributed by atoms with van der Waals surface area (Å²) in [5.41, 5.74) is 0.727. The number of aryl methyl sites for hydroxylation is 1. The Morgan fingerprint density at radius 1 is 1.44 bits per heavy atom. The molecule has 5 nitrogen and oxygen atoms in total. The summed E-state index contributed by atoms with van der Waals surface area (Å²) in [6.07, 6.45) is 0. The number of ether oxygens (including phenoxy) is 1. The van der Waals surface area contributed by atoms with Gasteiger partial charge in [0.05, 0.1) is 11.6 Å². The summed E-state index contributed by atoms with van der Waals surface area (Å²) in [5.74, 6) is 0.0318. The van der Waals surface area contributed by atoms with Crippen LogP contribution in [-0.2, 0) is 11.8 Å². The van der Waals surface area contributed by atoms with Gasteiger partial charge in [0.25, 0.3) is 5.82 Å². The predicted molar refractivity (Wildman–Crippen MR) is 67.4 cm³/mol. The maximum Gasteiger partial charge on any atom is 0.378 e. The van der Waals surface area contributed by atoms with E-state index in [0.29, 0.717) is 17.5 Å². The minimum Gasteiger partial charge on any atom is -0.460 e. The van der Waals surface area contributed by atoms with E-state index in [4.69, 9.17) is 16.3 Å². The normalized spacial score (nSPS) is 10.4. The number of rotatable bonds is 3. The predicted octanol–water partition coefficient (Wildman–Crippen LogP) is 2.31. The van der Waals surface area contributed by atoms with Crippen molar-refractivity contribution in [2.45, 2.75) is 6.92 Å². The van der Waals surface area contributed by atoms with E-state index in [2.05, 4.69) is 10.1 Å². The molecule has 2 aromatic rings. The minimum atomic E-state index is -0.536. The largest absolute Gasteiger partial charge is 0.460 e. The lowest BCUT2D eigenvalue weighted by Crippen LogP contribution is -2.07. The zero-order valence-electron chi connectivity index (χ0n) is 10.1. The van der Waals surface area contributed by atoms with Crippen LogP contribution in [0.4, 0.5) is 0 Å². The number of carbonyl (C=O) groups is 1. The molecule has 0 spiro atoms. The second kappa shape index (κ2) is 5.18. The van der Waals surface area contributed by atoms with Crippen molar-refractivity contribution in [1.82, 2.24) is 14.8 Å². The van der Waals surface area contributed by atoms with Gasteiger partial charge >= 0.3 is 5.97 Å². The summed E-state index contributed by atoms with van der Waals surface area (Å²) in [5, 5.41) is 4.58. The van der Waals surface area contributed by atoms with Crippen LogP contribution in [0.5, 0.6) is 0 Å². The Bertz CT molecular complexity index is 580. The van der Waals surface area contributed by atoms with Crippen LogP contribution in [0.25, 0.3) is 11.4 Å². The smallest absolute Gasteiger partial charge is 0.378 e. The zero-order valence-corrected chi connectivity index (χ0v) is 10.8. The third-order valence-corrected chi connectivity index (χ3v) is 2.67. The van der Waals surface area contributed by atoms with Gasteiger partial charge in [0, 0.05) is 12.6 Å². The molecule has 18 heavy (non-hydrogen) atoms. The fourth-order valence-corrected chi connectivity index (χ4v) is 1.76. The molecule has 94 valence electrons. The van der Waals surface area contributed by atoms with Crippen molar-refractivity contribution in [3.63, 3.8) is 0 Å². The Hall–Kier alpha value is -1.88. The Morgan fingerprint density at radius 2 is 2.17 bits per heavy atom. The fourth-order valence-electron chi connectivity index (χ4n) is 1.54. The van der Waals surface area contributed by atoms with Crippen LogP contribution < -0.4 is 0 Å². The lowest BCUT2D eigenvalue weighted by molar-refractivity contribution is 0.0512. The zero-order chi connectivity index (χ0) is 13.1. The Morgan fingerprint density at radius 3 is 2.83 bits per heavy atom. The van der Waals surface area contributed by atoms with E-state index in [-0.39, 0.29) is 5.82 Å². The van der Waals surface area contributed by atoms with Crippen molar-refractivity contribution in [3.8, 4) is 11.4 Å². The van der Waals surface area contributed by atoms with Gasteiger partial charge in [0.15, 0.2) is 5.82 Å². The van der Waals surface area contributed by atoms with Gasteiger partial charge in [0.1, 0.15) is 0 Å². The molecule has 6 heteroatoms. The molecular formula is C12H12ClN3O2. The summed E-state index contributed by atoms with van der Waals surface area (Å²) < 4.78 is 6.36. The molecule has 0 atom stereocenters. The van der Waals surface area contributed by atoms with Gasteiger partial charge in [-0.3, -0.25) is 0 Å². The van der Waals surface area contributed by atoms with E-state index >= 15 is 0 Å². The summed E-state index contributed by atoms with van der Waals surface area (Å²) in [4.78, 5) is 15.7. The van der Waals surface area contributed by atoms with Crippen LogP contribution in [0.15, 0.2) is 24.3 Å². The highest BCUT2D eigenvalue weighted by Gasteiger charge is 2.17. The number of hydrogen-bond acceptors (Lipinski definition) is 4. The molecule has 1 heterocycles. The lowest BCUT2D eigenvalue weighted by atomic mass is 10.2. The standard InChI is InChI=1S/C12H12ClN3O2/c1-3-18-12(17)10-14-11(16(2)15-10)8-6-4-5-7-9(8)13/h4-7H,3H2,1-2H3. The van der Waals surface area contributed by atoms with E-state index in [1.165, 1.54) is 4.68 Å². The van der Waals surface area contributed by atoms with E-state index in [9.17, 15) is 4.79 Å². The number of carbonyl (C=O) groups excluding carboxylic acids is 1. The van der Waals surface area contributed by atoms with Crippen LogP contribution in [0.2, 0.25) is 5.02 Å². The highest BCUT2D eigenvalue weighted by Crippen LogP contribution is 2.25. The molecule has 1 aromatic carbocycles. The molecule has 2 rings (SSSR count). The van der Waals surface area contributed by atoms with Gasteiger partial charge in [-0.05, 0) is 19.1 Å².